The van der Waals surface area contributed by atoms with Crippen LogP contribution in [0.25, 0.3) is 0 Å². The van der Waals surface area contributed by atoms with Gasteiger partial charge in [-0.15, -0.1) is 0 Å². The van der Waals surface area contributed by atoms with Gasteiger partial charge in [0.15, 0.2) is 0 Å². The molecule has 3 heterocycles. The van der Waals surface area contributed by atoms with E-state index in [1.54, 1.807) is 0 Å². The molecule has 4 heteroatoms. The van der Waals surface area contributed by atoms with Crippen LogP contribution >= 0.6 is 0 Å². The molecule has 1 aromatic rings. The number of nitrogens with zero attached hydrogens (tertiary/aromatic N) is 1. The first-order valence-electron chi connectivity index (χ1n) is 5.55. The Labute approximate surface area is 88.7 Å². The fourth-order valence-corrected chi connectivity index (χ4v) is 2.56. The van der Waals surface area contributed by atoms with E-state index in [-0.39, 0.29) is 5.91 Å². The normalized spacial score (nSPS) is 21.5. The summed E-state index contributed by atoms with van der Waals surface area (Å²) in [6.07, 6.45) is 4.39. The Morgan fingerprint density at radius 3 is 2.93 bits per heavy atom. The maximum Gasteiger partial charge on any atom is 0.253 e. The molecular weight excluding hydrogens is 190 g/mol. The molecule has 80 valence electrons. The molecule has 0 radical (unpaired) electrons. The molecular formula is C11H15N3O. The summed E-state index contributed by atoms with van der Waals surface area (Å²) in [6.45, 7) is 2.86. The van der Waals surface area contributed by atoms with Gasteiger partial charge in [-0.25, -0.2) is 0 Å². The molecule has 2 aliphatic rings. The van der Waals surface area contributed by atoms with Crippen LogP contribution in [0.1, 0.15) is 34.9 Å². The predicted octanol–water partition coefficient (Wildman–Crippen LogP) is 0.656. The van der Waals surface area contributed by atoms with Crippen LogP contribution in [-0.4, -0.2) is 23.6 Å². The van der Waals surface area contributed by atoms with Gasteiger partial charge >= 0.3 is 0 Å². The number of amides is 1. The van der Waals surface area contributed by atoms with Crippen LogP contribution in [0.5, 0.6) is 0 Å². The average Bonchev–Trinajstić information content (AvgIpc) is 2.83. The molecule has 0 saturated carbocycles. The second-order valence-electron chi connectivity index (χ2n) is 4.25. The van der Waals surface area contributed by atoms with E-state index >= 15 is 0 Å². The van der Waals surface area contributed by atoms with Crippen molar-refractivity contribution in [1.29, 1.82) is 0 Å². The third-order valence-electron chi connectivity index (χ3n) is 3.39. The van der Waals surface area contributed by atoms with E-state index in [1.165, 1.54) is 5.69 Å². The van der Waals surface area contributed by atoms with Gasteiger partial charge in [-0.1, -0.05) is 0 Å². The van der Waals surface area contributed by atoms with Crippen LogP contribution in [0.3, 0.4) is 0 Å². The second-order valence-corrected chi connectivity index (χ2v) is 4.25. The highest BCUT2D eigenvalue weighted by Gasteiger charge is 2.25. The predicted molar refractivity (Wildman–Crippen MR) is 56.7 cm³/mol. The molecule has 0 unspecified atom stereocenters. The number of carbonyl (C=O) groups is 1. The molecule has 1 saturated heterocycles. The molecule has 0 aliphatic carbocycles. The number of hydrogen-bond acceptors (Lipinski definition) is 2. The van der Waals surface area contributed by atoms with Crippen molar-refractivity contribution in [2.24, 2.45) is 0 Å². The second kappa shape index (κ2) is 3.38. The smallest absolute Gasteiger partial charge is 0.253 e. The number of rotatable bonds is 1. The van der Waals surface area contributed by atoms with Crippen molar-refractivity contribution < 1.29 is 4.79 Å². The average molecular weight is 205 g/mol. The lowest BCUT2D eigenvalue weighted by molar-refractivity contribution is 0.0965. The summed E-state index contributed by atoms with van der Waals surface area (Å²) in [5.41, 5.74) is 2.04. The minimum absolute atomic E-state index is 0.0812. The highest BCUT2D eigenvalue weighted by molar-refractivity contribution is 5.97. The molecule has 1 fully saturated rings. The Kier molecular flexibility index (Phi) is 2.02. The molecule has 1 amide bonds. The highest BCUT2D eigenvalue weighted by atomic mass is 16.1. The van der Waals surface area contributed by atoms with Crippen LogP contribution in [0.4, 0.5) is 0 Å². The third kappa shape index (κ3) is 1.36. The van der Waals surface area contributed by atoms with Crippen LogP contribution in [0, 0.1) is 0 Å². The van der Waals surface area contributed by atoms with E-state index in [4.69, 9.17) is 0 Å². The van der Waals surface area contributed by atoms with Gasteiger partial charge in [0.2, 0.25) is 0 Å². The van der Waals surface area contributed by atoms with E-state index in [2.05, 4.69) is 21.4 Å². The van der Waals surface area contributed by atoms with Crippen molar-refractivity contribution >= 4 is 5.91 Å². The molecule has 1 aromatic heterocycles. The maximum atomic E-state index is 11.4. The van der Waals surface area contributed by atoms with E-state index in [0.717, 1.165) is 31.5 Å². The fourth-order valence-electron chi connectivity index (χ4n) is 2.56. The molecule has 0 spiro atoms. The van der Waals surface area contributed by atoms with E-state index < -0.39 is 0 Å². The number of carbonyl (C=O) groups excluding carboxylic acids is 1. The van der Waals surface area contributed by atoms with Gasteiger partial charge in [0, 0.05) is 12.2 Å². The molecule has 2 aliphatic heterocycles. The molecule has 15 heavy (non-hydrogen) atoms. The Bertz CT molecular complexity index is 391. The van der Waals surface area contributed by atoms with E-state index in [0.29, 0.717) is 12.6 Å². The summed E-state index contributed by atoms with van der Waals surface area (Å²) < 4.78 is 2.29. The zero-order valence-corrected chi connectivity index (χ0v) is 8.62. The van der Waals surface area contributed by atoms with Crippen molar-refractivity contribution in [2.45, 2.75) is 25.4 Å². The topological polar surface area (TPSA) is 46.1 Å². The number of piperidine rings is 1. The molecule has 0 bridgehead atoms. The van der Waals surface area contributed by atoms with Gasteiger partial charge in [0.1, 0.15) is 0 Å². The number of fused-ring (bicyclic) bond motifs is 1. The quantitative estimate of drug-likeness (QED) is 0.707. The van der Waals surface area contributed by atoms with Crippen molar-refractivity contribution in [1.82, 2.24) is 15.2 Å². The van der Waals surface area contributed by atoms with Gasteiger partial charge < -0.3 is 15.2 Å². The van der Waals surface area contributed by atoms with Crippen LogP contribution in [0.2, 0.25) is 0 Å². The van der Waals surface area contributed by atoms with Crippen molar-refractivity contribution in [2.75, 3.05) is 13.1 Å². The van der Waals surface area contributed by atoms with Crippen LogP contribution in [0.15, 0.2) is 12.3 Å². The molecule has 3 rings (SSSR count). The van der Waals surface area contributed by atoms with Crippen molar-refractivity contribution in [3.8, 4) is 0 Å². The summed E-state index contributed by atoms with van der Waals surface area (Å²) in [4.78, 5) is 11.4. The first-order chi connectivity index (χ1) is 7.36. The van der Waals surface area contributed by atoms with Gasteiger partial charge in [-0.2, -0.15) is 0 Å². The first-order valence-corrected chi connectivity index (χ1v) is 5.55. The minimum atomic E-state index is 0.0812. The zero-order valence-electron chi connectivity index (χ0n) is 8.62. The number of hydrogen-bond donors (Lipinski definition) is 2. The van der Waals surface area contributed by atoms with Crippen LogP contribution < -0.4 is 10.6 Å². The van der Waals surface area contributed by atoms with Crippen LogP contribution in [-0.2, 0) is 6.54 Å². The van der Waals surface area contributed by atoms with Gasteiger partial charge in [-0.05, 0) is 32.0 Å². The first kappa shape index (κ1) is 8.97. The molecule has 4 nitrogen and oxygen atoms in total. The maximum absolute atomic E-state index is 11.4. The summed E-state index contributed by atoms with van der Waals surface area (Å²) in [6, 6.07) is 2.52. The number of aromatic nitrogens is 1. The number of nitrogens with one attached hydrogen (secondary N) is 2. The van der Waals surface area contributed by atoms with Crippen molar-refractivity contribution in [3.63, 3.8) is 0 Å². The minimum Gasteiger partial charge on any atom is -0.346 e. The fraction of sp³-hybridized carbons (Fsp3) is 0.545. The summed E-state index contributed by atoms with van der Waals surface area (Å²) in [5.74, 6) is 0.0812. The molecule has 0 atom stereocenters. The lowest BCUT2D eigenvalue weighted by Crippen LogP contribution is -2.29. The van der Waals surface area contributed by atoms with E-state index in [1.807, 2.05) is 6.07 Å². The summed E-state index contributed by atoms with van der Waals surface area (Å²) in [5, 5.41) is 6.23. The monoisotopic (exact) mass is 205 g/mol. The SMILES string of the molecule is O=C1NCc2c1ccn2C1CCNCC1. The highest BCUT2D eigenvalue weighted by Crippen LogP contribution is 2.25. The summed E-state index contributed by atoms with van der Waals surface area (Å²) in [7, 11) is 0. The largest absolute Gasteiger partial charge is 0.346 e. The molecule has 2 N–H and O–H groups in total. The van der Waals surface area contributed by atoms with Gasteiger partial charge in [0.05, 0.1) is 17.8 Å². The zero-order chi connectivity index (χ0) is 10.3. The lowest BCUT2D eigenvalue weighted by atomic mass is 10.1. The van der Waals surface area contributed by atoms with Gasteiger partial charge in [-0.3, -0.25) is 4.79 Å². The molecule has 0 aromatic carbocycles. The third-order valence-corrected chi connectivity index (χ3v) is 3.39. The summed E-state index contributed by atoms with van der Waals surface area (Å²) >= 11 is 0. The van der Waals surface area contributed by atoms with E-state index in [9.17, 15) is 4.79 Å². The lowest BCUT2D eigenvalue weighted by Gasteiger charge is -2.25. The Morgan fingerprint density at radius 1 is 1.33 bits per heavy atom. The Hall–Kier alpha value is -1.29. The van der Waals surface area contributed by atoms with Crippen molar-refractivity contribution in [3.05, 3.63) is 23.5 Å². The Balaban J connectivity index is 1.92. The standard InChI is InChI=1S/C11H15N3O/c15-11-9-3-6-14(10(9)7-13-11)8-1-4-12-5-2-8/h3,6,8,12H,1-2,4-5,7H2,(H,13,15). The Morgan fingerprint density at radius 2 is 2.13 bits per heavy atom. The van der Waals surface area contributed by atoms with Gasteiger partial charge in [0.25, 0.3) is 5.91 Å².